The van der Waals surface area contributed by atoms with Crippen LogP contribution in [-0.4, -0.2) is 27.0 Å². The van der Waals surface area contributed by atoms with Gasteiger partial charge in [0.15, 0.2) is 23.1 Å². The van der Waals surface area contributed by atoms with E-state index in [1.807, 2.05) is 0 Å². The minimum Gasteiger partial charge on any atom is -0.440 e. The number of nitrogens with zero attached hydrogens (tertiary/aromatic N) is 3. The quantitative estimate of drug-likeness (QED) is 0.218. The van der Waals surface area contributed by atoms with Gasteiger partial charge >= 0.3 is 12.2 Å². The summed E-state index contributed by atoms with van der Waals surface area (Å²) in [7, 11) is 1.41. The number of alkyl halides is 4. The van der Waals surface area contributed by atoms with Crippen LogP contribution in [0.2, 0.25) is 0 Å². The summed E-state index contributed by atoms with van der Waals surface area (Å²) in [4.78, 5) is 15.9. The highest BCUT2D eigenvalue weighted by molar-refractivity contribution is 5.90. The van der Waals surface area contributed by atoms with Gasteiger partial charge in [0.25, 0.3) is 5.91 Å². The number of hydrogen-bond acceptors (Lipinski definition) is 6. The van der Waals surface area contributed by atoms with Crippen LogP contribution in [0.1, 0.15) is 17.1 Å². The summed E-state index contributed by atoms with van der Waals surface area (Å²) >= 11 is 0. The molecule has 3 heterocycles. The third-order valence-electron chi connectivity index (χ3n) is 6.84. The van der Waals surface area contributed by atoms with E-state index < -0.39 is 29.6 Å². The van der Waals surface area contributed by atoms with Gasteiger partial charge in [-0.25, -0.2) is 9.37 Å². The second-order valence-electron chi connectivity index (χ2n) is 9.99. The van der Waals surface area contributed by atoms with Gasteiger partial charge in [0.05, 0.1) is 5.69 Å². The van der Waals surface area contributed by atoms with Gasteiger partial charge < -0.3 is 19.6 Å². The normalized spacial score (nSPS) is 13.9. The zero-order valence-corrected chi connectivity index (χ0v) is 22.7. The van der Waals surface area contributed by atoms with E-state index in [4.69, 9.17) is 10.2 Å². The first kappa shape index (κ1) is 27.9. The van der Waals surface area contributed by atoms with Gasteiger partial charge in [-0.2, -0.15) is 13.9 Å². The minimum absolute atomic E-state index is 0.150. The molecule has 0 unspecified atom stereocenters. The molecule has 1 amide bonds. The van der Waals surface area contributed by atoms with Crippen molar-refractivity contribution in [1.29, 1.82) is 0 Å². The van der Waals surface area contributed by atoms with Gasteiger partial charge in [-0.1, -0.05) is 18.2 Å². The lowest BCUT2D eigenvalue weighted by atomic mass is 9.93. The first-order chi connectivity index (χ1) is 20.2. The number of amides is 1. The molecule has 2 aromatic heterocycles. The maximum atomic E-state index is 14.5. The average molecular weight is 597 g/mol. The number of fused-ring (bicyclic) bond motifs is 1. The van der Waals surface area contributed by atoms with Gasteiger partial charge in [0, 0.05) is 30.7 Å². The van der Waals surface area contributed by atoms with Crippen molar-refractivity contribution in [1.82, 2.24) is 14.8 Å². The number of ether oxygens (including phenoxy) is 2. The molecule has 220 valence electrons. The molecular formula is C30H21F5N4O4. The highest BCUT2D eigenvalue weighted by atomic mass is 19.3. The van der Waals surface area contributed by atoms with Crippen LogP contribution in [0.5, 0.6) is 11.5 Å². The largest absolute Gasteiger partial charge is 0.586 e. The van der Waals surface area contributed by atoms with E-state index in [0.717, 1.165) is 10.7 Å². The molecule has 0 fully saturated rings. The van der Waals surface area contributed by atoms with E-state index in [1.54, 1.807) is 38.1 Å². The number of rotatable bonds is 6. The van der Waals surface area contributed by atoms with Crippen molar-refractivity contribution in [3.05, 3.63) is 83.6 Å². The summed E-state index contributed by atoms with van der Waals surface area (Å²) in [5.41, 5.74) is 7.18. The Morgan fingerprint density at radius 3 is 2.35 bits per heavy atom. The van der Waals surface area contributed by atoms with E-state index in [0.29, 0.717) is 33.4 Å². The Balaban J connectivity index is 1.57. The maximum absolute atomic E-state index is 14.5. The zero-order chi connectivity index (χ0) is 30.8. The smallest absolute Gasteiger partial charge is 0.440 e. The van der Waals surface area contributed by atoms with Crippen LogP contribution in [-0.2, 0) is 17.8 Å². The van der Waals surface area contributed by atoms with Crippen molar-refractivity contribution in [2.24, 2.45) is 12.8 Å². The lowest BCUT2D eigenvalue weighted by molar-refractivity contribution is -0.286. The molecule has 0 spiro atoms. The van der Waals surface area contributed by atoms with E-state index in [2.05, 4.69) is 19.6 Å². The first-order valence-electron chi connectivity index (χ1n) is 12.7. The number of carbonyl (C=O) groups is 1. The van der Waals surface area contributed by atoms with E-state index in [-0.39, 0.29) is 34.5 Å². The summed E-state index contributed by atoms with van der Waals surface area (Å²) < 4.78 is 87.1. The van der Waals surface area contributed by atoms with Gasteiger partial charge in [-0.15, -0.1) is 8.78 Å². The Morgan fingerprint density at radius 2 is 1.63 bits per heavy atom. The maximum Gasteiger partial charge on any atom is 0.586 e. The molecule has 0 saturated carbocycles. The molecule has 8 nitrogen and oxygen atoms in total. The number of aryl methyl sites for hydroxylation is 3. The molecule has 5 aromatic rings. The number of nitrogens with two attached hydrogens (primary N) is 1. The van der Waals surface area contributed by atoms with Gasteiger partial charge in [-0.05, 0) is 66.1 Å². The van der Waals surface area contributed by atoms with Crippen LogP contribution in [0.15, 0.2) is 65.1 Å². The van der Waals surface area contributed by atoms with E-state index in [9.17, 15) is 26.7 Å². The first-order valence-corrected chi connectivity index (χ1v) is 12.7. The molecule has 1 aliphatic rings. The second kappa shape index (κ2) is 9.68. The van der Waals surface area contributed by atoms with Crippen LogP contribution in [0.3, 0.4) is 0 Å². The molecule has 1 aliphatic heterocycles. The molecule has 0 saturated heterocycles. The molecule has 0 bridgehead atoms. The summed E-state index contributed by atoms with van der Waals surface area (Å²) in [5.74, 6) is -6.40. The summed E-state index contributed by atoms with van der Waals surface area (Å²) in [6, 6.07) is 14.5. The number of carbonyl (C=O) groups excluding carboxylic acids is 1. The topological polar surface area (TPSA) is 105 Å². The van der Waals surface area contributed by atoms with Crippen molar-refractivity contribution in [2.45, 2.75) is 26.1 Å². The van der Waals surface area contributed by atoms with Crippen LogP contribution in [0.25, 0.3) is 45.0 Å². The molecule has 13 heteroatoms. The highest BCUT2D eigenvalue weighted by Gasteiger charge is 2.44. The number of benzene rings is 3. The third kappa shape index (κ3) is 4.96. The van der Waals surface area contributed by atoms with Crippen molar-refractivity contribution in [2.75, 3.05) is 0 Å². The predicted octanol–water partition coefficient (Wildman–Crippen LogP) is 6.73. The van der Waals surface area contributed by atoms with Gasteiger partial charge in [0.1, 0.15) is 17.2 Å². The van der Waals surface area contributed by atoms with Crippen molar-refractivity contribution in [3.8, 4) is 56.5 Å². The predicted molar refractivity (Wildman–Crippen MR) is 144 cm³/mol. The third-order valence-corrected chi connectivity index (χ3v) is 6.84. The fourth-order valence-corrected chi connectivity index (χ4v) is 4.94. The van der Waals surface area contributed by atoms with Crippen molar-refractivity contribution < 1.29 is 40.6 Å². The fourth-order valence-electron chi connectivity index (χ4n) is 4.94. The Labute approximate surface area is 240 Å². The summed E-state index contributed by atoms with van der Waals surface area (Å²) in [6.45, 7) is 3.31. The van der Waals surface area contributed by atoms with Crippen molar-refractivity contribution >= 4 is 5.91 Å². The molecule has 0 atom stereocenters. The average Bonchev–Trinajstić information content (AvgIpc) is 3.60. The molecule has 43 heavy (non-hydrogen) atoms. The number of hydrogen-bond donors (Lipinski definition) is 1. The lowest BCUT2D eigenvalue weighted by Gasteiger charge is -2.13. The van der Waals surface area contributed by atoms with Crippen molar-refractivity contribution in [3.63, 3.8) is 0 Å². The Hall–Kier alpha value is -5.20. The monoisotopic (exact) mass is 596 g/mol. The highest BCUT2D eigenvalue weighted by Crippen LogP contribution is 2.46. The Morgan fingerprint density at radius 1 is 0.907 bits per heavy atom. The summed E-state index contributed by atoms with van der Waals surface area (Å²) in [6.07, 6.45) is -3.83. The second-order valence-corrected chi connectivity index (χ2v) is 9.99. The Kier molecular flexibility index (Phi) is 6.29. The van der Waals surface area contributed by atoms with E-state index >= 15 is 0 Å². The number of oxazole rings is 1. The standard InChI is InChI=1S/C30H21F5N4O4/c1-14-8-18(10-19(31)9-14)16-4-6-20(22-13-25(38-39(22)3)29(32,33)28(36)40)21(11-16)27-26(37-15(2)41-27)17-5-7-23-24(12-17)43-30(34,35)42-23/h4-13H,1-3H3,(H2,36,40). The van der Waals surface area contributed by atoms with Crippen LogP contribution < -0.4 is 15.2 Å². The molecular weight excluding hydrogens is 575 g/mol. The van der Waals surface area contributed by atoms with Gasteiger partial charge in [0.2, 0.25) is 0 Å². The molecule has 3 aromatic carbocycles. The summed E-state index contributed by atoms with van der Waals surface area (Å²) in [5, 5.41) is 3.83. The Bertz CT molecular complexity index is 1910. The molecule has 0 aliphatic carbocycles. The number of halogens is 5. The molecule has 0 radical (unpaired) electrons. The lowest BCUT2D eigenvalue weighted by Crippen LogP contribution is -2.33. The zero-order valence-electron chi connectivity index (χ0n) is 22.7. The van der Waals surface area contributed by atoms with Crippen LogP contribution in [0, 0.1) is 19.7 Å². The molecule has 6 rings (SSSR count). The SMILES string of the molecule is Cc1cc(F)cc(-c2ccc(-c3cc(C(F)(F)C(N)=O)nn3C)c(-c3oc(C)nc3-c3ccc4c(c3)OC(F)(F)O4)c2)c1. The molecule has 2 N–H and O–H groups in total. The van der Waals surface area contributed by atoms with E-state index in [1.165, 1.54) is 37.4 Å². The fraction of sp³-hybridized carbons (Fsp3) is 0.167. The number of aromatic nitrogens is 3. The van der Waals surface area contributed by atoms with Crippen LogP contribution in [0.4, 0.5) is 22.0 Å². The van der Waals surface area contributed by atoms with Crippen LogP contribution >= 0.6 is 0 Å². The number of primary amides is 1. The van der Waals surface area contributed by atoms with Gasteiger partial charge in [-0.3, -0.25) is 9.48 Å². The minimum atomic E-state index is -4.04.